The van der Waals surface area contributed by atoms with Crippen LogP contribution < -0.4 is 10.6 Å². The summed E-state index contributed by atoms with van der Waals surface area (Å²) in [6, 6.07) is -1.95. The van der Waals surface area contributed by atoms with Crippen molar-refractivity contribution in [1.29, 1.82) is 0 Å². The molecule has 0 unspecified atom stereocenters. The number of ether oxygens (including phenoxy) is 2. The second-order valence-corrected chi connectivity index (χ2v) is 21.9. The molecule has 0 aromatic heterocycles. The lowest BCUT2D eigenvalue weighted by Gasteiger charge is -2.29. The fourth-order valence-corrected chi connectivity index (χ4v) is 8.96. The van der Waals surface area contributed by atoms with Gasteiger partial charge in [0.05, 0.1) is 12.8 Å². The molecular weight excluding hydrogens is 825 g/mol. The molecule has 66 heavy (non-hydrogen) atoms. The third-order valence-electron chi connectivity index (χ3n) is 13.4. The number of esters is 2. The summed E-state index contributed by atoms with van der Waals surface area (Å²) in [4.78, 5) is 56.6. The van der Waals surface area contributed by atoms with Crippen LogP contribution in [0.4, 0.5) is 0 Å². The van der Waals surface area contributed by atoms with Crippen molar-refractivity contribution in [3.8, 4) is 0 Å². The molecular formula is C56H108N4O6. The summed E-state index contributed by atoms with van der Waals surface area (Å²) in [6.07, 6.45) is 35.9. The zero-order valence-electron chi connectivity index (χ0n) is 44.7. The summed E-state index contributed by atoms with van der Waals surface area (Å²) in [6.45, 7) is 23.1. The molecule has 0 spiro atoms. The zero-order valence-corrected chi connectivity index (χ0v) is 44.7. The van der Waals surface area contributed by atoms with Crippen LogP contribution in [0.2, 0.25) is 0 Å². The van der Waals surface area contributed by atoms with Crippen molar-refractivity contribution in [1.82, 2.24) is 20.4 Å². The predicted octanol–water partition coefficient (Wildman–Crippen LogP) is 13.0. The lowest BCUT2D eigenvalue weighted by molar-refractivity contribution is -0.152. The molecule has 2 atom stereocenters. The van der Waals surface area contributed by atoms with Gasteiger partial charge < -0.3 is 29.9 Å². The van der Waals surface area contributed by atoms with Crippen molar-refractivity contribution >= 4 is 23.8 Å². The van der Waals surface area contributed by atoms with Gasteiger partial charge in [0.15, 0.2) is 0 Å². The summed E-state index contributed by atoms with van der Waals surface area (Å²) in [5.41, 5.74) is 0. The smallest absolute Gasteiger partial charge is 0.307 e. The second-order valence-electron chi connectivity index (χ2n) is 21.9. The Balaban J connectivity index is 2.49. The first kappa shape index (κ1) is 61.8. The van der Waals surface area contributed by atoms with Crippen molar-refractivity contribution < 1.29 is 28.7 Å². The van der Waals surface area contributed by atoms with Gasteiger partial charge in [-0.2, -0.15) is 0 Å². The van der Waals surface area contributed by atoms with Crippen molar-refractivity contribution in [2.75, 3.05) is 52.5 Å². The van der Waals surface area contributed by atoms with Gasteiger partial charge in [-0.05, 0) is 75.5 Å². The van der Waals surface area contributed by atoms with Crippen LogP contribution in [-0.4, -0.2) is 98.1 Å². The van der Waals surface area contributed by atoms with Gasteiger partial charge in [0.25, 0.3) is 0 Å². The molecule has 2 N–H and O–H groups in total. The molecule has 1 aliphatic heterocycles. The Kier molecular flexibility index (Phi) is 39.1. The highest BCUT2D eigenvalue weighted by Crippen LogP contribution is 2.16. The van der Waals surface area contributed by atoms with E-state index in [1.54, 1.807) is 0 Å². The van der Waals surface area contributed by atoms with E-state index in [2.05, 4.69) is 75.8 Å². The summed E-state index contributed by atoms with van der Waals surface area (Å²) in [5, 5.41) is 5.37. The number of rotatable bonds is 46. The minimum Gasteiger partial charge on any atom is -0.463 e. The Morgan fingerprint density at radius 1 is 0.379 bits per heavy atom. The lowest BCUT2D eigenvalue weighted by atomic mass is 10.0. The van der Waals surface area contributed by atoms with E-state index in [1.807, 2.05) is 0 Å². The van der Waals surface area contributed by atoms with Gasteiger partial charge in [0.2, 0.25) is 11.8 Å². The van der Waals surface area contributed by atoms with E-state index in [0.29, 0.717) is 13.1 Å². The van der Waals surface area contributed by atoms with Gasteiger partial charge in [-0.15, -0.1) is 0 Å². The summed E-state index contributed by atoms with van der Waals surface area (Å²) >= 11 is 0. The van der Waals surface area contributed by atoms with Crippen LogP contribution >= 0.6 is 0 Å². The Morgan fingerprint density at radius 2 is 0.606 bits per heavy atom. The first-order chi connectivity index (χ1) is 31.8. The number of nitrogens with zero attached hydrogens (tertiary/aromatic N) is 2. The molecule has 0 saturated carbocycles. The molecule has 0 radical (unpaired) electrons. The highest BCUT2D eigenvalue weighted by molar-refractivity contribution is 5.97. The number of piperazine rings is 1. The summed E-state index contributed by atoms with van der Waals surface area (Å²) in [7, 11) is 0. The molecule has 10 nitrogen and oxygen atoms in total. The van der Waals surface area contributed by atoms with Crippen molar-refractivity contribution in [3.05, 3.63) is 0 Å². The normalized spacial score (nSPS) is 15.5. The van der Waals surface area contributed by atoms with E-state index in [-0.39, 0.29) is 38.0 Å². The first-order valence-corrected chi connectivity index (χ1v) is 28.1. The van der Waals surface area contributed by atoms with E-state index in [4.69, 9.17) is 9.47 Å². The van der Waals surface area contributed by atoms with E-state index in [1.165, 1.54) is 154 Å². The molecule has 1 heterocycles. The molecule has 1 saturated heterocycles. The van der Waals surface area contributed by atoms with Gasteiger partial charge in [-0.25, -0.2) is 0 Å². The number of carbonyl (C=O) groups excluding carboxylic acids is 4. The Labute approximate surface area is 407 Å². The first-order valence-electron chi connectivity index (χ1n) is 28.1. The van der Waals surface area contributed by atoms with Crippen molar-refractivity contribution in [2.45, 2.75) is 260 Å². The average molecular weight is 934 g/mol. The van der Waals surface area contributed by atoms with E-state index in [0.717, 1.165) is 75.5 Å². The maximum Gasteiger partial charge on any atom is 0.307 e. The maximum atomic E-state index is 13.0. The quantitative estimate of drug-likeness (QED) is 0.0458. The molecule has 0 aromatic rings. The third-order valence-corrected chi connectivity index (χ3v) is 13.4. The number of carbonyl (C=O) groups is 4. The lowest BCUT2D eigenvalue weighted by Crippen LogP contribution is -2.64. The number of nitrogens with one attached hydrogen (secondary N) is 2. The topological polar surface area (TPSA) is 117 Å². The fraction of sp³-hybridized carbons (Fsp3) is 0.929. The van der Waals surface area contributed by atoms with Gasteiger partial charge in [-0.1, -0.05) is 209 Å². The average Bonchev–Trinajstić information content (AvgIpc) is 3.26. The molecule has 10 heteroatoms. The van der Waals surface area contributed by atoms with Gasteiger partial charge >= 0.3 is 11.9 Å². The Bertz CT molecular complexity index is 1060. The van der Waals surface area contributed by atoms with Crippen LogP contribution in [-0.2, 0) is 28.7 Å². The second kappa shape index (κ2) is 41.7. The van der Waals surface area contributed by atoms with Gasteiger partial charge in [-0.3, -0.25) is 19.2 Å². The Hall–Kier alpha value is -2.20. The van der Waals surface area contributed by atoms with E-state index in [9.17, 15) is 19.2 Å². The number of hydrogen-bond donors (Lipinski definition) is 2. The minimum absolute atomic E-state index is 0.220. The predicted molar refractivity (Wildman–Crippen MR) is 277 cm³/mol. The molecule has 0 aromatic carbocycles. The van der Waals surface area contributed by atoms with Crippen LogP contribution in [0.1, 0.15) is 248 Å². The van der Waals surface area contributed by atoms with Crippen LogP contribution in [0.15, 0.2) is 0 Å². The zero-order chi connectivity index (χ0) is 48.6. The number of amides is 2. The van der Waals surface area contributed by atoms with Crippen LogP contribution in [0, 0.1) is 23.7 Å². The van der Waals surface area contributed by atoms with E-state index < -0.39 is 23.9 Å². The van der Waals surface area contributed by atoms with Gasteiger partial charge in [0.1, 0.15) is 25.3 Å². The summed E-state index contributed by atoms with van der Waals surface area (Å²) < 4.78 is 11.1. The molecule has 1 fully saturated rings. The maximum absolute atomic E-state index is 13.0. The fourth-order valence-electron chi connectivity index (χ4n) is 8.96. The monoisotopic (exact) mass is 933 g/mol. The number of unbranched alkanes of at least 4 members (excludes halogenated alkanes) is 20. The minimum atomic E-state index is -0.973. The third kappa shape index (κ3) is 37.7. The molecule has 388 valence electrons. The number of hydrogen-bond acceptors (Lipinski definition) is 8. The van der Waals surface area contributed by atoms with E-state index >= 15 is 0 Å². The summed E-state index contributed by atoms with van der Waals surface area (Å²) in [5.74, 6) is 1.52. The van der Waals surface area contributed by atoms with Gasteiger partial charge in [0, 0.05) is 13.1 Å². The van der Waals surface area contributed by atoms with Crippen molar-refractivity contribution in [2.24, 2.45) is 23.7 Å². The highest BCUT2D eigenvalue weighted by atomic mass is 16.5. The van der Waals surface area contributed by atoms with Crippen molar-refractivity contribution in [3.63, 3.8) is 0 Å². The molecule has 1 aliphatic rings. The molecule has 2 amide bonds. The standard InChI is InChI=1S/C56H108N4O6/c1-47(2)33-25-17-9-13-21-29-39-59(40-30-22-14-10-18-26-34-48(3)4)43-37-53(61)65-45-51-55(63)58-52(56(64)57-51)46-66-54(62)38-44-60(41-31-23-15-11-19-27-35-49(5)6)42-32-24-16-12-20-28-36-50(7)8/h47-52H,9-46H2,1-8H3,(H,57,64)(H,58,63)/t51-,52-/m0/s1. The largest absolute Gasteiger partial charge is 0.463 e. The Morgan fingerprint density at radius 3 is 0.848 bits per heavy atom. The van der Waals surface area contributed by atoms with Crippen LogP contribution in [0.25, 0.3) is 0 Å². The molecule has 0 aliphatic carbocycles. The van der Waals surface area contributed by atoms with Crippen LogP contribution in [0.5, 0.6) is 0 Å². The molecule has 0 bridgehead atoms. The van der Waals surface area contributed by atoms with Crippen LogP contribution in [0.3, 0.4) is 0 Å². The highest BCUT2D eigenvalue weighted by Gasteiger charge is 2.35. The molecule has 1 rings (SSSR count). The SMILES string of the molecule is CC(C)CCCCCCCCN(CCCCCCCCC(C)C)CCC(=O)OC[C@@H]1NC(=O)[C@H](COC(=O)CCN(CCCCCCCCC(C)C)CCCCCCCCC(C)C)NC1=O.